The molecule has 6 rings (SSSR count). The molecule has 8 heteroatoms. The molecule has 2 aliphatic heterocycles. The summed E-state index contributed by atoms with van der Waals surface area (Å²) in [5, 5.41) is 8.90. The van der Waals surface area contributed by atoms with E-state index in [-0.39, 0.29) is 5.82 Å². The molecule has 2 aliphatic rings. The fourth-order valence-corrected chi connectivity index (χ4v) is 5.54. The van der Waals surface area contributed by atoms with E-state index in [1.54, 1.807) is 12.3 Å². The minimum atomic E-state index is -0.172. The fourth-order valence-electron chi connectivity index (χ4n) is 5.54. The van der Waals surface area contributed by atoms with Crippen molar-refractivity contribution < 1.29 is 9.13 Å². The minimum Gasteiger partial charge on any atom is -0.381 e. The molecule has 7 nitrogen and oxygen atoms in total. The van der Waals surface area contributed by atoms with Gasteiger partial charge in [0.2, 0.25) is 0 Å². The zero-order valence-corrected chi connectivity index (χ0v) is 20.3. The third kappa shape index (κ3) is 4.15. The summed E-state index contributed by atoms with van der Waals surface area (Å²) >= 11 is 0. The molecule has 182 valence electrons. The summed E-state index contributed by atoms with van der Waals surface area (Å²) in [5.41, 5.74) is 5.05. The molecule has 0 radical (unpaired) electrons. The van der Waals surface area contributed by atoms with Gasteiger partial charge in [-0.05, 0) is 75.2 Å². The van der Waals surface area contributed by atoms with E-state index in [4.69, 9.17) is 4.74 Å². The average Bonchev–Trinajstić information content (AvgIpc) is 3.34. The predicted molar refractivity (Wildman–Crippen MR) is 135 cm³/mol. The number of ether oxygens (including phenoxy) is 1. The number of hydrogen-bond acceptors (Lipinski definition) is 6. The highest BCUT2D eigenvalue weighted by Crippen LogP contribution is 2.32. The van der Waals surface area contributed by atoms with Gasteiger partial charge in [0.15, 0.2) is 5.65 Å². The third-order valence-electron chi connectivity index (χ3n) is 7.65. The maximum absolute atomic E-state index is 15.3. The van der Waals surface area contributed by atoms with Gasteiger partial charge in [-0.25, -0.2) is 4.39 Å². The van der Waals surface area contributed by atoms with E-state index in [0.717, 1.165) is 85.6 Å². The van der Waals surface area contributed by atoms with E-state index >= 15 is 4.39 Å². The Morgan fingerprint density at radius 1 is 0.943 bits per heavy atom. The van der Waals surface area contributed by atoms with Gasteiger partial charge in [-0.2, -0.15) is 0 Å². The Bertz CT molecular complexity index is 1350. The second-order valence-corrected chi connectivity index (χ2v) is 9.95. The molecule has 0 aliphatic carbocycles. The number of benzene rings is 2. The van der Waals surface area contributed by atoms with Crippen molar-refractivity contribution in [1.29, 1.82) is 0 Å². The first-order chi connectivity index (χ1) is 17.1. The molecule has 2 aromatic heterocycles. The van der Waals surface area contributed by atoms with Crippen molar-refractivity contribution in [3.63, 3.8) is 0 Å². The highest BCUT2D eigenvalue weighted by Gasteiger charge is 2.24. The van der Waals surface area contributed by atoms with Crippen LogP contribution in [0.25, 0.3) is 27.8 Å². The van der Waals surface area contributed by atoms with Gasteiger partial charge < -0.3 is 14.5 Å². The lowest BCUT2D eigenvalue weighted by molar-refractivity contribution is 0.0834. The number of piperidine rings is 1. The molecule has 4 aromatic rings. The van der Waals surface area contributed by atoms with Crippen LogP contribution < -0.4 is 4.90 Å². The second kappa shape index (κ2) is 9.17. The van der Waals surface area contributed by atoms with Crippen molar-refractivity contribution in [1.82, 2.24) is 24.5 Å². The lowest BCUT2D eigenvalue weighted by atomic mass is 9.99. The molecular weight excluding hydrogens is 443 g/mol. The molecule has 0 saturated carbocycles. The van der Waals surface area contributed by atoms with E-state index in [1.165, 1.54) is 0 Å². The summed E-state index contributed by atoms with van der Waals surface area (Å²) in [6.07, 6.45) is 5.74. The van der Waals surface area contributed by atoms with Crippen molar-refractivity contribution in [2.75, 3.05) is 45.3 Å². The maximum Gasteiger partial charge on any atom is 0.179 e. The first-order valence-corrected chi connectivity index (χ1v) is 12.5. The summed E-state index contributed by atoms with van der Waals surface area (Å²) in [5.74, 6) is 1.09. The Balaban J connectivity index is 1.34. The summed E-state index contributed by atoms with van der Waals surface area (Å²) in [7, 11) is 4.24. The van der Waals surface area contributed by atoms with Gasteiger partial charge in [-0.1, -0.05) is 12.1 Å². The first kappa shape index (κ1) is 22.4. The Hall–Kier alpha value is -3.10. The number of hydrogen-bond donors (Lipinski definition) is 0. The second-order valence-electron chi connectivity index (χ2n) is 9.95. The number of aromatic nitrogens is 4. The van der Waals surface area contributed by atoms with E-state index in [9.17, 15) is 0 Å². The zero-order valence-electron chi connectivity index (χ0n) is 20.3. The minimum absolute atomic E-state index is 0.172. The number of halogens is 1. The van der Waals surface area contributed by atoms with Gasteiger partial charge in [0.25, 0.3) is 0 Å². The number of fused-ring (bicyclic) bond motifs is 3. The molecule has 4 heterocycles. The van der Waals surface area contributed by atoms with Gasteiger partial charge in [0.1, 0.15) is 11.6 Å². The summed E-state index contributed by atoms with van der Waals surface area (Å²) < 4.78 is 23.0. The lowest BCUT2D eigenvalue weighted by Crippen LogP contribution is -2.42. The van der Waals surface area contributed by atoms with Gasteiger partial charge in [0, 0.05) is 38.3 Å². The molecule has 0 atom stereocenters. The number of anilines is 1. The average molecular weight is 475 g/mol. The molecule has 2 fully saturated rings. The maximum atomic E-state index is 15.3. The summed E-state index contributed by atoms with van der Waals surface area (Å²) in [6.45, 7) is 3.24. The predicted octanol–water partition coefficient (Wildman–Crippen LogP) is 4.51. The number of nitrogens with zero attached hydrogens (tertiary/aromatic N) is 6. The largest absolute Gasteiger partial charge is 0.381 e. The molecule has 0 amide bonds. The molecule has 2 aromatic carbocycles. The van der Waals surface area contributed by atoms with Crippen LogP contribution in [0.3, 0.4) is 0 Å². The highest BCUT2D eigenvalue weighted by molar-refractivity contribution is 5.84. The normalized spacial score (nSPS) is 18.2. The van der Waals surface area contributed by atoms with Crippen LogP contribution in [0.5, 0.6) is 0 Å². The summed E-state index contributed by atoms with van der Waals surface area (Å²) in [4.78, 5) is 9.02. The van der Waals surface area contributed by atoms with Gasteiger partial charge >= 0.3 is 0 Å². The Morgan fingerprint density at radius 3 is 2.43 bits per heavy atom. The van der Waals surface area contributed by atoms with Crippen molar-refractivity contribution in [3.05, 3.63) is 54.2 Å². The van der Waals surface area contributed by atoms with Crippen molar-refractivity contribution in [2.24, 2.45) is 0 Å². The topological polar surface area (TPSA) is 58.8 Å². The van der Waals surface area contributed by atoms with Crippen molar-refractivity contribution in [3.8, 4) is 11.1 Å². The van der Waals surface area contributed by atoms with Crippen LogP contribution in [0.15, 0.2) is 42.6 Å². The van der Waals surface area contributed by atoms with Crippen LogP contribution in [0.4, 0.5) is 10.1 Å². The van der Waals surface area contributed by atoms with E-state index in [2.05, 4.69) is 49.5 Å². The summed E-state index contributed by atoms with van der Waals surface area (Å²) in [6, 6.07) is 12.3. The monoisotopic (exact) mass is 474 g/mol. The fraction of sp³-hybridized carbons (Fsp3) is 0.444. The molecular formula is C27H31FN6O. The molecule has 35 heavy (non-hydrogen) atoms. The van der Waals surface area contributed by atoms with Gasteiger partial charge in [0.05, 0.1) is 22.9 Å². The van der Waals surface area contributed by atoms with Crippen LogP contribution in [-0.4, -0.2) is 70.9 Å². The highest BCUT2D eigenvalue weighted by atomic mass is 19.1. The van der Waals surface area contributed by atoms with Gasteiger partial charge in [-0.3, -0.25) is 9.38 Å². The zero-order chi connectivity index (χ0) is 23.9. The van der Waals surface area contributed by atoms with E-state index in [0.29, 0.717) is 17.6 Å². The van der Waals surface area contributed by atoms with Crippen LogP contribution in [0.1, 0.15) is 37.4 Å². The molecule has 0 spiro atoms. The lowest BCUT2D eigenvalue weighted by Gasteiger charge is -2.36. The van der Waals surface area contributed by atoms with Crippen molar-refractivity contribution in [2.45, 2.75) is 37.6 Å². The van der Waals surface area contributed by atoms with Crippen molar-refractivity contribution >= 4 is 22.4 Å². The van der Waals surface area contributed by atoms with E-state index < -0.39 is 0 Å². The van der Waals surface area contributed by atoms with Crippen LogP contribution >= 0.6 is 0 Å². The smallest absolute Gasteiger partial charge is 0.179 e. The van der Waals surface area contributed by atoms with Crippen LogP contribution in [0.2, 0.25) is 0 Å². The first-order valence-electron chi connectivity index (χ1n) is 12.5. The molecule has 0 unspecified atom stereocenters. The van der Waals surface area contributed by atoms with E-state index in [1.807, 2.05) is 24.3 Å². The molecule has 0 bridgehead atoms. The van der Waals surface area contributed by atoms with Gasteiger partial charge in [-0.15, -0.1) is 10.2 Å². The molecule has 0 N–H and O–H groups in total. The standard InChI is InChI=1S/C27H31FN6O/c1-32(2)21-7-11-33(12-8-21)24-6-4-19(15-22(24)28)20-3-5-23-25(16-20)34-26(17-29-23)30-31-27(34)18-9-13-35-14-10-18/h3-6,15-18,21H,7-14H2,1-2H3. The Labute approximate surface area is 204 Å². The van der Waals surface area contributed by atoms with Crippen LogP contribution in [-0.2, 0) is 4.74 Å². The quantitative estimate of drug-likeness (QED) is 0.434. The third-order valence-corrected chi connectivity index (χ3v) is 7.65. The SMILES string of the molecule is CN(C)C1CCN(c2ccc(-c3ccc4ncc5nnc(C6CCOCC6)n5c4c3)cc2F)CC1. The Morgan fingerprint density at radius 2 is 1.69 bits per heavy atom. The Kier molecular flexibility index (Phi) is 5.86. The van der Waals surface area contributed by atoms with Crippen LogP contribution in [0, 0.1) is 5.82 Å². The molecule has 2 saturated heterocycles. The number of rotatable bonds is 4.